The van der Waals surface area contributed by atoms with Gasteiger partial charge in [-0.15, -0.1) is 0 Å². The molecular formula is C13H16N2O. The predicted octanol–water partition coefficient (Wildman–Crippen LogP) is 1.86. The molecule has 2 rings (SSSR count). The molecule has 1 fully saturated rings. The van der Waals surface area contributed by atoms with Crippen molar-refractivity contribution in [2.75, 3.05) is 19.7 Å². The average molecular weight is 216 g/mol. The van der Waals surface area contributed by atoms with Crippen LogP contribution in [0.2, 0.25) is 0 Å². The topological polar surface area (TPSA) is 45.0 Å². The number of hydrogen-bond donors (Lipinski definition) is 1. The highest BCUT2D eigenvalue weighted by Gasteiger charge is 2.17. The Morgan fingerprint density at radius 1 is 1.44 bits per heavy atom. The van der Waals surface area contributed by atoms with E-state index in [9.17, 15) is 0 Å². The van der Waals surface area contributed by atoms with Crippen LogP contribution in [0.5, 0.6) is 0 Å². The Hall–Kier alpha value is -1.37. The molecule has 1 saturated heterocycles. The van der Waals surface area contributed by atoms with Crippen LogP contribution >= 0.6 is 0 Å². The summed E-state index contributed by atoms with van der Waals surface area (Å²) in [4.78, 5) is 0. The van der Waals surface area contributed by atoms with E-state index in [-0.39, 0.29) is 6.10 Å². The van der Waals surface area contributed by atoms with E-state index >= 15 is 0 Å². The largest absolute Gasteiger partial charge is 0.372 e. The number of rotatable bonds is 1. The zero-order valence-corrected chi connectivity index (χ0v) is 9.44. The summed E-state index contributed by atoms with van der Waals surface area (Å²) < 4.78 is 5.83. The van der Waals surface area contributed by atoms with Gasteiger partial charge >= 0.3 is 0 Å². The minimum absolute atomic E-state index is 0.0678. The molecule has 2 atom stereocenters. The average Bonchev–Trinajstić information content (AvgIpc) is 2.54. The van der Waals surface area contributed by atoms with Gasteiger partial charge in [-0.1, -0.05) is 19.1 Å². The van der Waals surface area contributed by atoms with Gasteiger partial charge in [-0.3, -0.25) is 0 Å². The summed E-state index contributed by atoms with van der Waals surface area (Å²) in [5.74, 6) is 0.546. The molecule has 84 valence electrons. The van der Waals surface area contributed by atoms with Gasteiger partial charge in [0.15, 0.2) is 0 Å². The number of benzene rings is 1. The van der Waals surface area contributed by atoms with Gasteiger partial charge in [0.1, 0.15) is 0 Å². The van der Waals surface area contributed by atoms with Crippen LogP contribution in [-0.2, 0) is 4.74 Å². The molecule has 1 heterocycles. The van der Waals surface area contributed by atoms with Crippen molar-refractivity contribution in [3.63, 3.8) is 0 Å². The van der Waals surface area contributed by atoms with Gasteiger partial charge in [0.05, 0.1) is 24.3 Å². The molecule has 1 aliphatic heterocycles. The Labute approximate surface area is 96.0 Å². The van der Waals surface area contributed by atoms with Crippen LogP contribution in [0.1, 0.15) is 24.2 Å². The monoisotopic (exact) mass is 216 g/mol. The summed E-state index contributed by atoms with van der Waals surface area (Å²) in [6, 6.07) is 9.80. The maximum absolute atomic E-state index is 8.85. The fourth-order valence-corrected chi connectivity index (χ4v) is 1.88. The lowest BCUT2D eigenvalue weighted by molar-refractivity contribution is 0.0515. The van der Waals surface area contributed by atoms with Crippen LogP contribution in [0, 0.1) is 17.2 Å². The van der Waals surface area contributed by atoms with Crippen LogP contribution < -0.4 is 5.32 Å². The van der Waals surface area contributed by atoms with E-state index in [2.05, 4.69) is 18.3 Å². The normalized spacial score (nSPS) is 25.8. The Balaban J connectivity index is 2.14. The van der Waals surface area contributed by atoms with E-state index in [4.69, 9.17) is 10.00 Å². The molecule has 0 bridgehead atoms. The van der Waals surface area contributed by atoms with Gasteiger partial charge in [-0.2, -0.15) is 5.26 Å². The molecule has 1 aromatic rings. The number of nitrogens with one attached hydrogen (secondary N) is 1. The van der Waals surface area contributed by atoms with E-state index in [1.165, 1.54) is 0 Å². The molecule has 0 aliphatic carbocycles. The molecule has 2 unspecified atom stereocenters. The predicted molar refractivity (Wildman–Crippen MR) is 61.9 cm³/mol. The Morgan fingerprint density at radius 3 is 3.12 bits per heavy atom. The van der Waals surface area contributed by atoms with Gasteiger partial charge in [-0.05, 0) is 23.6 Å². The molecule has 1 N–H and O–H groups in total. The molecule has 3 nitrogen and oxygen atoms in total. The smallest absolute Gasteiger partial charge is 0.0991 e. The van der Waals surface area contributed by atoms with Crippen LogP contribution in [-0.4, -0.2) is 19.7 Å². The van der Waals surface area contributed by atoms with Crippen molar-refractivity contribution in [3.8, 4) is 6.07 Å². The van der Waals surface area contributed by atoms with E-state index in [1.54, 1.807) is 0 Å². The Bertz CT molecular complexity index is 397. The standard InChI is InChI=1S/C13H16N2O/c1-10-7-15-8-13(16-9-10)12-4-2-3-11(5-12)6-14/h2-5,10,13,15H,7-9H2,1H3. The molecule has 1 aromatic carbocycles. The zero-order valence-electron chi connectivity index (χ0n) is 9.44. The van der Waals surface area contributed by atoms with Crippen molar-refractivity contribution in [2.45, 2.75) is 13.0 Å². The summed E-state index contributed by atoms with van der Waals surface area (Å²) in [7, 11) is 0. The highest BCUT2D eigenvalue weighted by atomic mass is 16.5. The van der Waals surface area contributed by atoms with Gasteiger partial charge < -0.3 is 10.1 Å². The number of hydrogen-bond acceptors (Lipinski definition) is 3. The fourth-order valence-electron chi connectivity index (χ4n) is 1.88. The molecule has 1 aliphatic rings. The molecule has 0 saturated carbocycles. The summed E-state index contributed by atoms with van der Waals surface area (Å²) in [5.41, 5.74) is 1.78. The highest BCUT2D eigenvalue weighted by molar-refractivity contribution is 5.34. The highest BCUT2D eigenvalue weighted by Crippen LogP contribution is 2.20. The third kappa shape index (κ3) is 2.60. The summed E-state index contributed by atoms with van der Waals surface area (Å²) in [6.45, 7) is 4.75. The maximum Gasteiger partial charge on any atom is 0.0991 e. The van der Waals surface area contributed by atoms with E-state index in [0.29, 0.717) is 11.5 Å². The first-order valence-electron chi connectivity index (χ1n) is 5.62. The first-order chi connectivity index (χ1) is 7.79. The Morgan fingerprint density at radius 2 is 2.31 bits per heavy atom. The van der Waals surface area contributed by atoms with Crippen LogP contribution in [0.4, 0.5) is 0 Å². The van der Waals surface area contributed by atoms with Crippen LogP contribution in [0.3, 0.4) is 0 Å². The van der Waals surface area contributed by atoms with Crippen LogP contribution in [0.25, 0.3) is 0 Å². The SMILES string of the molecule is CC1CNCC(c2cccc(C#N)c2)OC1. The molecule has 0 radical (unpaired) electrons. The van der Waals surface area contributed by atoms with Crippen molar-refractivity contribution < 1.29 is 4.74 Å². The number of ether oxygens (including phenoxy) is 1. The zero-order chi connectivity index (χ0) is 11.4. The summed E-state index contributed by atoms with van der Waals surface area (Å²) in [5, 5.41) is 12.2. The molecule has 3 heteroatoms. The number of nitriles is 1. The first kappa shape index (κ1) is 11.1. The molecule has 0 amide bonds. The first-order valence-corrected chi connectivity index (χ1v) is 5.62. The molecular weight excluding hydrogens is 200 g/mol. The maximum atomic E-state index is 8.85. The van der Waals surface area contributed by atoms with E-state index < -0.39 is 0 Å². The minimum Gasteiger partial charge on any atom is -0.372 e. The lowest BCUT2D eigenvalue weighted by Crippen LogP contribution is -2.22. The molecule has 16 heavy (non-hydrogen) atoms. The lowest BCUT2D eigenvalue weighted by atomic mass is 10.1. The second-order valence-electron chi connectivity index (χ2n) is 4.32. The molecule has 0 spiro atoms. The Kier molecular flexibility index (Phi) is 3.55. The van der Waals surface area contributed by atoms with Gasteiger partial charge in [0, 0.05) is 13.1 Å². The van der Waals surface area contributed by atoms with Crippen molar-refractivity contribution in [1.82, 2.24) is 5.32 Å². The second-order valence-corrected chi connectivity index (χ2v) is 4.32. The minimum atomic E-state index is 0.0678. The number of nitrogens with zero attached hydrogens (tertiary/aromatic N) is 1. The van der Waals surface area contributed by atoms with E-state index in [1.807, 2.05) is 24.3 Å². The third-order valence-corrected chi connectivity index (χ3v) is 2.79. The summed E-state index contributed by atoms with van der Waals surface area (Å²) in [6.07, 6.45) is 0.0678. The quantitative estimate of drug-likeness (QED) is 0.779. The third-order valence-electron chi connectivity index (χ3n) is 2.79. The van der Waals surface area contributed by atoms with Crippen LogP contribution in [0.15, 0.2) is 24.3 Å². The van der Waals surface area contributed by atoms with Gasteiger partial charge in [0.25, 0.3) is 0 Å². The summed E-state index contributed by atoms with van der Waals surface area (Å²) >= 11 is 0. The van der Waals surface area contributed by atoms with Crippen molar-refractivity contribution >= 4 is 0 Å². The van der Waals surface area contributed by atoms with Crippen molar-refractivity contribution in [1.29, 1.82) is 5.26 Å². The van der Waals surface area contributed by atoms with Gasteiger partial charge in [0.2, 0.25) is 0 Å². The lowest BCUT2D eigenvalue weighted by Gasteiger charge is -2.15. The van der Waals surface area contributed by atoms with Gasteiger partial charge in [-0.25, -0.2) is 0 Å². The van der Waals surface area contributed by atoms with Crippen molar-refractivity contribution in [2.24, 2.45) is 5.92 Å². The molecule has 0 aromatic heterocycles. The van der Waals surface area contributed by atoms with E-state index in [0.717, 1.165) is 25.3 Å². The fraction of sp³-hybridized carbons (Fsp3) is 0.462. The van der Waals surface area contributed by atoms with Crippen molar-refractivity contribution in [3.05, 3.63) is 35.4 Å². The second kappa shape index (κ2) is 5.11.